The molecule has 0 aliphatic carbocycles. The van der Waals surface area contributed by atoms with Gasteiger partial charge in [-0.3, -0.25) is 0 Å². The summed E-state index contributed by atoms with van der Waals surface area (Å²) < 4.78 is 7.73. The number of hydrogen-bond acceptors (Lipinski definition) is 4. The van der Waals surface area contributed by atoms with E-state index in [9.17, 15) is 0 Å². The number of rotatable bonds is 7. The number of aryl methyl sites for hydroxylation is 1. The van der Waals surface area contributed by atoms with E-state index in [2.05, 4.69) is 34.1 Å². The number of fused-ring (bicyclic) bond motifs is 1. The van der Waals surface area contributed by atoms with Gasteiger partial charge in [0.25, 0.3) is 5.78 Å². The van der Waals surface area contributed by atoms with Crippen molar-refractivity contribution in [3.05, 3.63) is 72.6 Å². The fourth-order valence-electron chi connectivity index (χ4n) is 3.04. The van der Waals surface area contributed by atoms with Gasteiger partial charge in [-0.25, -0.2) is 4.98 Å². The van der Waals surface area contributed by atoms with Crippen molar-refractivity contribution in [3.63, 3.8) is 0 Å². The number of ether oxygens (including phenoxy) is 1. The highest BCUT2D eigenvalue weighted by Crippen LogP contribution is 2.27. The minimum Gasteiger partial charge on any atom is -0.439 e. The number of hydrogen-bond donors (Lipinski definition) is 0. The summed E-state index contributed by atoms with van der Waals surface area (Å²) in [5.74, 6) is 1.88. The predicted molar refractivity (Wildman–Crippen MR) is 106 cm³/mol. The summed E-state index contributed by atoms with van der Waals surface area (Å²) in [5, 5.41) is 4.24. The first-order valence-electron chi connectivity index (χ1n) is 9.36. The zero-order valence-electron chi connectivity index (χ0n) is 15.4. The smallest absolute Gasteiger partial charge is 0.255 e. The van der Waals surface area contributed by atoms with Gasteiger partial charge in [-0.2, -0.15) is 14.6 Å². The average molecular weight is 358 g/mol. The van der Waals surface area contributed by atoms with Crippen LogP contribution in [0.3, 0.4) is 0 Å². The van der Waals surface area contributed by atoms with Gasteiger partial charge in [-0.1, -0.05) is 62.2 Å². The Morgan fingerprint density at radius 2 is 1.78 bits per heavy atom. The lowest BCUT2D eigenvalue weighted by Gasteiger charge is -2.10. The standard InChI is InChI=1S/C22H22N4O/c1-2-3-5-8-17-11-13-19(14-12-17)27-21-15-20(18-9-6-4-7-10-18)25-22-23-16-24-26(21)22/h4,6-7,9-16H,2-3,5,8H2,1H3. The van der Waals surface area contributed by atoms with Gasteiger partial charge in [-0.15, -0.1) is 0 Å². The van der Waals surface area contributed by atoms with Crippen molar-refractivity contribution in [2.24, 2.45) is 0 Å². The molecular formula is C22H22N4O. The molecule has 136 valence electrons. The molecule has 0 aliphatic heterocycles. The molecule has 0 bridgehead atoms. The van der Waals surface area contributed by atoms with Gasteiger partial charge in [-0.05, 0) is 30.5 Å². The zero-order chi connectivity index (χ0) is 18.5. The van der Waals surface area contributed by atoms with Gasteiger partial charge in [0.2, 0.25) is 5.88 Å². The molecule has 5 nitrogen and oxygen atoms in total. The molecular weight excluding hydrogens is 336 g/mol. The molecule has 0 radical (unpaired) electrons. The van der Waals surface area contributed by atoms with Crippen LogP contribution in [-0.4, -0.2) is 19.6 Å². The summed E-state index contributed by atoms with van der Waals surface area (Å²) in [5.41, 5.74) is 3.16. The van der Waals surface area contributed by atoms with Gasteiger partial charge < -0.3 is 4.74 Å². The highest BCUT2D eigenvalue weighted by atomic mass is 16.5. The van der Waals surface area contributed by atoms with E-state index in [4.69, 9.17) is 4.74 Å². The minimum atomic E-state index is 0.516. The Hall–Kier alpha value is -3.21. The fourth-order valence-corrected chi connectivity index (χ4v) is 3.04. The van der Waals surface area contributed by atoms with Gasteiger partial charge >= 0.3 is 0 Å². The Morgan fingerprint density at radius 3 is 2.56 bits per heavy atom. The Bertz CT molecular complexity index is 1010. The van der Waals surface area contributed by atoms with E-state index >= 15 is 0 Å². The lowest BCUT2D eigenvalue weighted by Crippen LogP contribution is -1.99. The molecule has 2 aromatic carbocycles. The molecule has 0 saturated heterocycles. The van der Waals surface area contributed by atoms with Crippen LogP contribution >= 0.6 is 0 Å². The molecule has 0 spiro atoms. The van der Waals surface area contributed by atoms with E-state index in [1.807, 2.05) is 48.5 Å². The van der Waals surface area contributed by atoms with Crippen LogP contribution < -0.4 is 4.74 Å². The third kappa shape index (κ3) is 3.97. The van der Waals surface area contributed by atoms with E-state index in [0.29, 0.717) is 11.7 Å². The normalized spacial score (nSPS) is 11.0. The largest absolute Gasteiger partial charge is 0.439 e. The molecule has 2 aromatic heterocycles. The first-order valence-corrected chi connectivity index (χ1v) is 9.36. The number of benzene rings is 2. The molecule has 0 aliphatic rings. The molecule has 5 heteroatoms. The molecule has 2 heterocycles. The minimum absolute atomic E-state index is 0.516. The van der Waals surface area contributed by atoms with Crippen molar-refractivity contribution in [3.8, 4) is 22.9 Å². The van der Waals surface area contributed by atoms with E-state index in [1.54, 1.807) is 4.52 Å². The van der Waals surface area contributed by atoms with Crippen molar-refractivity contribution >= 4 is 5.78 Å². The third-order valence-electron chi connectivity index (χ3n) is 4.50. The quantitative estimate of drug-likeness (QED) is 0.420. The summed E-state index contributed by atoms with van der Waals surface area (Å²) in [6, 6.07) is 20.2. The maximum Gasteiger partial charge on any atom is 0.255 e. The first kappa shape index (κ1) is 17.2. The highest BCUT2D eigenvalue weighted by molar-refractivity contribution is 5.62. The summed E-state index contributed by atoms with van der Waals surface area (Å²) in [4.78, 5) is 8.80. The Kier molecular flexibility index (Phi) is 5.10. The molecule has 0 atom stereocenters. The summed E-state index contributed by atoms with van der Waals surface area (Å²) >= 11 is 0. The molecule has 0 N–H and O–H groups in total. The fraction of sp³-hybridized carbons (Fsp3) is 0.227. The van der Waals surface area contributed by atoms with Crippen LogP contribution in [0.15, 0.2) is 67.0 Å². The van der Waals surface area contributed by atoms with Crippen molar-refractivity contribution in [1.82, 2.24) is 19.6 Å². The van der Waals surface area contributed by atoms with Gasteiger partial charge in [0.1, 0.15) is 12.1 Å². The highest BCUT2D eigenvalue weighted by Gasteiger charge is 2.11. The monoisotopic (exact) mass is 358 g/mol. The second-order valence-electron chi connectivity index (χ2n) is 6.52. The molecule has 0 amide bonds. The molecule has 0 saturated carbocycles. The first-order chi connectivity index (χ1) is 13.3. The van der Waals surface area contributed by atoms with Crippen LogP contribution in [0.2, 0.25) is 0 Å². The molecule has 0 unspecified atom stereocenters. The van der Waals surface area contributed by atoms with Crippen LogP contribution in [0.5, 0.6) is 11.6 Å². The number of nitrogens with zero attached hydrogens (tertiary/aromatic N) is 4. The summed E-state index contributed by atoms with van der Waals surface area (Å²) in [7, 11) is 0. The Balaban J connectivity index is 1.60. The zero-order valence-corrected chi connectivity index (χ0v) is 15.4. The maximum atomic E-state index is 6.11. The number of unbranched alkanes of at least 4 members (excludes halogenated alkanes) is 2. The van der Waals surface area contributed by atoms with E-state index in [0.717, 1.165) is 23.4 Å². The van der Waals surface area contributed by atoms with Gasteiger partial charge in [0, 0.05) is 11.6 Å². The SMILES string of the molecule is CCCCCc1ccc(Oc2cc(-c3ccccc3)nc3ncnn23)cc1. The van der Waals surface area contributed by atoms with Crippen molar-refractivity contribution in [1.29, 1.82) is 0 Å². The van der Waals surface area contributed by atoms with Crippen LogP contribution in [0.25, 0.3) is 17.0 Å². The summed E-state index contributed by atoms with van der Waals surface area (Å²) in [6.45, 7) is 2.22. The van der Waals surface area contributed by atoms with Crippen LogP contribution in [0.4, 0.5) is 0 Å². The average Bonchev–Trinajstić information content (AvgIpc) is 3.19. The second-order valence-corrected chi connectivity index (χ2v) is 6.52. The predicted octanol–water partition coefficient (Wildman–Crippen LogP) is 5.32. The Labute approximate surface area is 158 Å². The van der Waals surface area contributed by atoms with E-state index < -0.39 is 0 Å². The van der Waals surface area contributed by atoms with Gasteiger partial charge in [0.15, 0.2) is 0 Å². The second kappa shape index (κ2) is 7.99. The van der Waals surface area contributed by atoms with E-state index in [1.165, 1.54) is 31.2 Å². The van der Waals surface area contributed by atoms with Crippen LogP contribution in [0, 0.1) is 0 Å². The number of aromatic nitrogens is 4. The lowest BCUT2D eigenvalue weighted by molar-refractivity contribution is 0.446. The maximum absolute atomic E-state index is 6.11. The molecule has 0 fully saturated rings. The third-order valence-corrected chi connectivity index (χ3v) is 4.50. The molecule has 4 aromatic rings. The van der Waals surface area contributed by atoms with E-state index in [-0.39, 0.29) is 0 Å². The molecule has 27 heavy (non-hydrogen) atoms. The van der Waals surface area contributed by atoms with Crippen molar-refractivity contribution in [2.45, 2.75) is 32.6 Å². The topological polar surface area (TPSA) is 52.3 Å². The van der Waals surface area contributed by atoms with Crippen molar-refractivity contribution in [2.75, 3.05) is 0 Å². The van der Waals surface area contributed by atoms with Crippen LogP contribution in [0.1, 0.15) is 31.7 Å². The Morgan fingerprint density at radius 1 is 0.963 bits per heavy atom. The lowest BCUT2D eigenvalue weighted by atomic mass is 10.1. The summed E-state index contributed by atoms with van der Waals surface area (Å²) in [6.07, 6.45) is 6.32. The van der Waals surface area contributed by atoms with Gasteiger partial charge in [0.05, 0.1) is 5.69 Å². The van der Waals surface area contributed by atoms with Crippen LogP contribution in [-0.2, 0) is 6.42 Å². The van der Waals surface area contributed by atoms with Crippen molar-refractivity contribution < 1.29 is 4.74 Å². The molecule has 4 rings (SSSR count).